The number of anilines is 2. The van der Waals surface area contributed by atoms with E-state index in [-0.39, 0.29) is 18.5 Å². The lowest BCUT2D eigenvalue weighted by Gasteiger charge is -2.19. The van der Waals surface area contributed by atoms with Gasteiger partial charge in [0.25, 0.3) is 0 Å². The molecule has 3 N–H and O–H groups in total. The Hall–Kier alpha value is -2.30. The number of hydrogen-bond donors (Lipinski definition) is 2. The number of likely N-dealkylation sites (N-methyl/N-ethyl adjacent to an activating group) is 1. The van der Waals surface area contributed by atoms with Crippen LogP contribution in [-0.4, -0.2) is 30.5 Å². The lowest BCUT2D eigenvalue weighted by Crippen LogP contribution is -2.38. The Morgan fingerprint density at radius 1 is 1.35 bits per heavy atom. The molecule has 2 aromatic rings. The number of nitrogens with two attached hydrogens (primary N) is 1. The maximum absolute atomic E-state index is 11.7. The van der Waals surface area contributed by atoms with Crippen LogP contribution >= 0.6 is 0 Å². The summed E-state index contributed by atoms with van der Waals surface area (Å²) in [7, 11) is 1.85. The minimum Gasteiger partial charge on any atom is -0.399 e. The van der Waals surface area contributed by atoms with E-state index in [2.05, 4.69) is 10.3 Å². The molecule has 0 saturated heterocycles. The second kappa shape index (κ2) is 5.77. The third-order valence-electron chi connectivity index (χ3n) is 2.92. The zero-order chi connectivity index (χ0) is 14.7. The maximum Gasteiger partial charge on any atom is 0.239 e. The first-order valence-electron chi connectivity index (χ1n) is 6.62. The molecule has 0 bridgehead atoms. The van der Waals surface area contributed by atoms with Crippen molar-refractivity contribution in [3.8, 4) is 0 Å². The van der Waals surface area contributed by atoms with Crippen LogP contribution in [0, 0.1) is 0 Å². The zero-order valence-electron chi connectivity index (χ0n) is 12.1. The highest BCUT2D eigenvalue weighted by atomic mass is 16.2. The summed E-state index contributed by atoms with van der Waals surface area (Å²) in [6, 6.07) is 9.59. The number of aromatic nitrogens is 1. The van der Waals surface area contributed by atoms with E-state index in [0.717, 1.165) is 22.4 Å². The van der Waals surface area contributed by atoms with E-state index in [4.69, 9.17) is 5.73 Å². The molecule has 5 nitrogen and oxygen atoms in total. The van der Waals surface area contributed by atoms with Gasteiger partial charge in [-0.05, 0) is 44.2 Å². The first-order valence-corrected chi connectivity index (χ1v) is 6.62. The molecule has 0 aliphatic carbocycles. The van der Waals surface area contributed by atoms with Gasteiger partial charge in [-0.25, -0.2) is 4.98 Å². The van der Waals surface area contributed by atoms with Gasteiger partial charge in [-0.15, -0.1) is 0 Å². The number of hydrogen-bond acceptors (Lipinski definition) is 4. The molecule has 0 fully saturated rings. The van der Waals surface area contributed by atoms with Gasteiger partial charge in [0.05, 0.1) is 12.1 Å². The van der Waals surface area contributed by atoms with Gasteiger partial charge in [0.1, 0.15) is 5.82 Å². The number of carbonyl (C=O) groups excluding carboxylic acids is 1. The van der Waals surface area contributed by atoms with Crippen LogP contribution in [0.5, 0.6) is 0 Å². The van der Waals surface area contributed by atoms with Crippen molar-refractivity contribution in [1.29, 1.82) is 0 Å². The fourth-order valence-electron chi connectivity index (χ4n) is 2.01. The van der Waals surface area contributed by atoms with Crippen molar-refractivity contribution in [1.82, 2.24) is 10.3 Å². The number of amides is 1. The van der Waals surface area contributed by atoms with Crippen molar-refractivity contribution in [3.63, 3.8) is 0 Å². The van der Waals surface area contributed by atoms with E-state index in [9.17, 15) is 4.79 Å². The molecule has 5 heteroatoms. The summed E-state index contributed by atoms with van der Waals surface area (Å²) in [4.78, 5) is 18.1. The molecule has 0 radical (unpaired) electrons. The summed E-state index contributed by atoms with van der Waals surface area (Å²) in [5.41, 5.74) is 7.33. The summed E-state index contributed by atoms with van der Waals surface area (Å²) in [5, 5.41) is 3.86. The second-order valence-electron chi connectivity index (χ2n) is 5.20. The molecule has 1 aromatic heterocycles. The van der Waals surface area contributed by atoms with Gasteiger partial charge in [-0.1, -0.05) is 0 Å². The first kappa shape index (κ1) is 14.1. The van der Waals surface area contributed by atoms with Gasteiger partial charge in [-0.2, -0.15) is 0 Å². The number of nitrogen functional groups attached to an aromatic ring is 1. The van der Waals surface area contributed by atoms with Gasteiger partial charge < -0.3 is 16.0 Å². The standard InChI is InChI=1S/C15H20N4O/c1-10(2)17-15(20)9-19(3)14-7-4-11-8-12(16)5-6-13(11)18-14/h4-8,10H,9,16H2,1-3H3,(H,17,20). The molecular weight excluding hydrogens is 252 g/mol. The van der Waals surface area contributed by atoms with Crippen LogP contribution in [0.1, 0.15) is 13.8 Å². The third-order valence-corrected chi connectivity index (χ3v) is 2.92. The molecule has 1 aromatic carbocycles. The fourth-order valence-corrected chi connectivity index (χ4v) is 2.01. The van der Waals surface area contributed by atoms with Crippen LogP contribution in [0.2, 0.25) is 0 Å². The Labute approximate surface area is 118 Å². The highest BCUT2D eigenvalue weighted by molar-refractivity contribution is 5.85. The molecule has 1 amide bonds. The Balaban J connectivity index is 2.16. The van der Waals surface area contributed by atoms with Gasteiger partial charge in [-0.3, -0.25) is 4.79 Å². The topological polar surface area (TPSA) is 71.2 Å². The largest absolute Gasteiger partial charge is 0.399 e. The van der Waals surface area contributed by atoms with Crippen LogP contribution < -0.4 is 16.0 Å². The first-order chi connectivity index (χ1) is 9.45. The quantitative estimate of drug-likeness (QED) is 0.832. The van der Waals surface area contributed by atoms with Crippen molar-refractivity contribution in [2.75, 3.05) is 24.2 Å². The Kier molecular flexibility index (Phi) is 4.08. The Morgan fingerprint density at radius 2 is 2.10 bits per heavy atom. The third kappa shape index (κ3) is 3.38. The normalized spacial score (nSPS) is 10.8. The number of fused-ring (bicyclic) bond motifs is 1. The van der Waals surface area contributed by atoms with E-state index in [1.54, 1.807) is 0 Å². The molecule has 0 atom stereocenters. The number of nitrogens with one attached hydrogen (secondary N) is 1. The van der Waals surface area contributed by atoms with Gasteiger partial charge in [0, 0.05) is 24.2 Å². The van der Waals surface area contributed by atoms with E-state index < -0.39 is 0 Å². The SMILES string of the molecule is CC(C)NC(=O)CN(C)c1ccc2cc(N)ccc2n1. The average molecular weight is 272 g/mol. The Bertz CT molecular complexity index is 624. The highest BCUT2D eigenvalue weighted by Crippen LogP contribution is 2.19. The van der Waals surface area contributed by atoms with Gasteiger partial charge >= 0.3 is 0 Å². The summed E-state index contributed by atoms with van der Waals surface area (Å²) in [5.74, 6) is 0.753. The Morgan fingerprint density at radius 3 is 2.80 bits per heavy atom. The molecule has 106 valence electrons. The summed E-state index contributed by atoms with van der Waals surface area (Å²) >= 11 is 0. The summed E-state index contributed by atoms with van der Waals surface area (Å²) in [6.07, 6.45) is 0. The molecule has 0 saturated carbocycles. The van der Waals surface area contributed by atoms with Crippen LogP contribution in [0.3, 0.4) is 0 Å². The summed E-state index contributed by atoms with van der Waals surface area (Å²) in [6.45, 7) is 4.17. The average Bonchev–Trinajstić information content (AvgIpc) is 2.36. The van der Waals surface area contributed by atoms with Crippen molar-refractivity contribution in [3.05, 3.63) is 30.3 Å². The second-order valence-corrected chi connectivity index (χ2v) is 5.20. The number of rotatable bonds is 4. The van der Waals surface area contributed by atoms with Crippen molar-refractivity contribution < 1.29 is 4.79 Å². The van der Waals surface area contributed by atoms with Gasteiger partial charge in [0.15, 0.2) is 0 Å². The van der Waals surface area contributed by atoms with E-state index in [1.807, 2.05) is 56.1 Å². The predicted octanol–water partition coefficient (Wildman–Crippen LogP) is 1.78. The minimum absolute atomic E-state index is 0.0123. The molecule has 0 aliphatic heterocycles. The van der Waals surface area contributed by atoms with Crippen molar-refractivity contribution in [2.24, 2.45) is 0 Å². The number of carbonyl (C=O) groups is 1. The molecule has 1 heterocycles. The van der Waals surface area contributed by atoms with E-state index in [0.29, 0.717) is 0 Å². The number of benzene rings is 1. The zero-order valence-corrected chi connectivity index (χ0v) is 12.1. The van der Waals surface area contributed by atoms with Crippen LogP contribution in [0.4, 0.5) is 11.5 Å². The van der Waals surface area contributed by atoms with Crippen LogP contribution in [0.15, 0.2) is 30.3 Å². The number of nitrogens with zero attached hydrogens (tertiary/aromatic N) is 2. The van der Waals surface area contributed by atoms with E-state index in [1.165, 1.54) is 0 Å². The lowest BCUT2D eigenvalue weighted by molar-refractivity contribution is -0.120. The molecule has 20 heavy (non-hydrogen) atoms. The van der Waals surface area contributed by atoms with Crippen LogP contribution in [0.25, 0.3) is 10.9 Å². The summed E-state index contributed by atoms with van der Waals surface area (Å²) < 4.78 is 0. The fraction of sp³-hybridized carbons (Fsp3) is 0.333. The maximum atomic E-state index is 11.7. The minimum atomic E-state index is -0.0123. The van der Waals surface area contributed by atoms with E-state index >= 15 is 0 Å². The van der Waals surface area contributed by atoms with Gasteiger partial charge in [0.2, 0.25) is 5.91 Å². The lowest BCUT2D eigenvalue weighted by atomic mass is 10.2. The molecule has 0 aliphatic rings. The molecule has 0 unspecified atom stereocenters. The van der Waals surface area contributed by atoms with Crippen molar-refractivity contribution >= 4 is 28.3 Å². The molecule has 0 spiro atoms. The van der Waals surface area contributed by atoms with Crippen LogP contribution in [-0.2, 0) is 4.79 Å². The number of pyridine rings is 1. The smallest absolute Gasteiger partial charge is 0.239 e. The van der Waals surface area contributed by atoms with Crippen molar-refractivity contribution in [2.45, 2.75) is 19.9 Å². The molecule has 2 rings (SSSR count). The molecular formula is C15H20N4O. The highest BCUT2D eigenvalue weighted by Gasteiger charge is 2.10. The monoisotopic (exact) mass is 272 g/mol. The predicted molar refractivity (Wildman–Crippen MR) is 82.7 cm³/mol.